The molecule has 1 amide bonds. The molecule has 0 aromatic carbocycles. The van der Waals surface area contributed by atoms with Crippen LogP contribution in [0.5, 0.6) is 0 Å². The number of likely N-dealkylation sites (N-methyl/N-ethyl adjacent to an activating group) is 1. The predicted octanol–water partition coefficient (Wildman–Crippen LogP) is 2.81. The van der Waals surface area contributed by atoms with Crippen molar-refractivity contribution in [2.75, 3.05) is 7.05 Å². The number of nitrogens with zero attached hydrogens (tertiary/aromatic N) is 1. The molecular formula is C8H8F7NO. The van der Waals surface area contributed by atoms with Gasteiger partial charge in [0, 0.05) is 12.6 Å². The van der Waals surface area contributed by atoms with Crippen molar-refractivity contribution in [2.45, 2.75) is 25.1 Å². The highest BCUT2D eigenvalue weighted by Crippen LogP contribution is 2.47. The summed E-state index contributed by atoms with van der Waals surface area (Å²) in [5.74, 6) is -8.06. The van der Waals surface area contributed by atoms with E-state index in [1.54, 1.807) is 0 Å². The quantitative estimate of drug-likeness (QED) is 0.437. The molecular weight excluding hydrogens is 259 g/mol. The Hall–Kier alpha value is -1.28. The van der Waals surface area contributed by atoms with Gasteiger partial charge in [0.1, 0.15) is 0 Å². The number of rotatable bonds is 3. The van der Waals surface area contributed by atoms with Gasteiger partial charge >= 0.3 is 18.1 Å². The van der Waals surface area contributed by atoms with E-state index in [1.165, 1.54) is 0 Å². The van der Waals surface area contributed by atoms with Crippen LogP contribution in [0.15, 0.2) is 12.2 Å². The number of carbonyl (C=O) groups excluding carboxylic acids is 1. The summed E-state index contributed by atoms with van der Waals surface area (Å²) in [5, 5.41) is 0. The third-order valence-electron chi connectivity index (χ3n) is 1.82. The summed E-state index contributed by atoms with van der Waals surface area (Å²) in [5.41, 5.74) is -0.592. The molecule has 0 saturated heterocycles. The van der Waals surface area contributed by atoms with Gasteiger partial charge in [0.2, 0.25) is 0 Å². The lowest BCUT2D eigenvalue weighted by molar-refractivity contribution is -0.381. The number of halogens is 7. The maximum absolute atomic E-state index is 12.9. The van der Waals surface area contributed by atoms with Crippen LogP contribution in [0.2, 0.25) is 0 Å². The minimum absolute atomic E-state index is 0.136. The molecule has 2 nitrogen and oxygen atoms in total. The van der Waals surface area contributed by atoms with Gasteiger partial charge in [0.15, 0.2) is 0 Å². The monoisotopic (exact) mass is 267 g/mol. The predicted molar refractivity (Wildman–Crippen MR) is 43.5 cm³/mol. The Balaban J connectivity index is 5.42. The molecule has 0 N–H and O–H groups in total. The van der Waals surface area contributed by atoms with Crippen molar-refractivity contribution < 1.29 is 35.5 Å². The minimum Gasteiger partial charge on any atom is -0.277 e. The second kappa shape index (κ2) is 4.19. The summed E-state index contributed by atoms with van der Waals surface area (Å²) >= 11 is 0. The molecule has 0 fully saturated rings. The molecule has 100 valence electrons. The van der Waals surface area contributed by atoms with E-state index in [9.17, 15) is 35.5 Å². The Morgan fingerprint density at radius 3 is 1.65 bits per heavy atom. The number of hydrogen-bond donors (Lipinski definition) is 0. The first-order chi connectivity index (χ1) is 7.26. The highest BCUT2D eigenvalue weighted by molar-refractivity contribution is 5.92. The van der Waals surface area contributed by atoms with Crippen molar-refractivity contribution in [1.82, 2.24) is 4.90 Å². The van der Waals surface area contributed by atoms with Crippen molar-refractivity contribution in [1.29, 1.82) is 0 Å². The van der Waals surface area contributed by atoms with Crippen LogP contribution in [0.25, 0.3) is 0 Å². The van der Waals surface area contributed by atoms with E-state index < -0.39 is 34.5 Å². The molecule has 0 aromatic rings. The molecule has 0 aliphatic carbocycles. The Kier molecular flexibility index (Phi) is 3.87. The first kappa shape index (κ1) is 15.7. The number of amides is 1. The van der Waals surface area contributed by atoms with Crippen LogP contribution in [-0.2, 0) is 4.79 Å². The zero-order valence-corrected chi connectivity index (χ0v) is 8.71. The maximum Gasteiger partial charge on any atom is 0.462 e. The number of hydrogen-bond acceptors (Lipinski definition) is 1. The average molecular weight is 267 g/mol. The lowest BCUT2D eigenvalue weighted by Crippen LogP contribution is -2.61. The summed E-state index contributed by atoms with van der Waals surface area (Å²) in [7, 11) is 0.136. The van der Waals surface area contributed by atoms with Gasteiger partial charge in [-0.15, -0.1) is 0 Å². The third kappa shape index (κ3) is 2.52. The van der Waals surface area contributed by atoms with Gasteiger partial charge < -0.3 is 0 Å². The van der Waals surface area contributed by atoms with Gasteiger partial charge in [-0.1, -0.05) is 6.58 Å². The van der Waals surface area contributed by atoms with E-state index in [-0.39, 0.29) is 7.05 Å². The Labute approximate surface area is 91.7 Å². The largest absolute Gasteiger partial charge is 0.462 e. The average Bonchev–Trinajstić information content (AvgIpc) is 2.13. The van der Waals surface area contributed by atoms with Crippen molar-refractivity contribution in [2.24, 2.45) is 0 Å². The maximum atomic E-state index is 12.9. The summed E-state index contributed by atoms with van der Waals surface area (Å²) < 4.78 is 86.1. The number of alkyl halides is 7. The first-order valence-corrected chi connectivity index (χ1v) is 4.02. The summed E-state index contributed by atoms with van der Waals surface area (Å²) in [6.07, 6.45) is -6.47. The minimum atomic E-state index is -6.47. The van der Waals surface area contributed by atoms with Gasteiger partial charge in [-0.25, -0.2) is 0 Å². The molecule has 0 atom stereocenters. The van der Waals surface area contributed by atoms with Gasteiger partial charge in [0.25, 0.3) is 5.91 Å². The van der Waals surface area contributed by atoms with Crippen LogP contribution < -0.4 is 0 Å². The third-order valence-corrected chi connectivity index (χ3v) is 1.82. The topological polar surface area (TPSA) is 20.3 Å². The van der Waals surface area contributed by atoms with Crippen molar-refractivity contribution in [3.05, 3.63) is 12.2 Å². The van der Waals surface area contributed by atoms with Gasteiger partial charge in [-0.05, 0) is 6.92 Å². The Morgan fingerprint density at radius 1 is 1.06 bits per heavy atom. The van der Waals surface area contributed by atoms with Crippen molar-refractivity contribution >= 4 is 5.91 Å². The van der Waals surface area contributed by atoms with Crippen LogP contribution >= 0.6 is 0 Å². The zero-order valence-electron chi connectivity index (χ0n) is 8.71. The molecule has 17 heavy (non-hydrogen) atoms. The normalized spacial score (nSPS) is 13.5. The van der Waals surface area contributed by atoms with Gasteiger partial charge in [-0.2, -0.15) is 30.7 Å². The molecule has 0 rings (SSSR count). The highest BCUT2D eigenvalue weighted by Gasteiger charge is 2.75. The summed E-state index contributed by atoms with van der Waals surface area (Å²) in [4.78, 5) is 9.93. The molecule has 9 heteroatoms. The molecule has 0 bridgehead atoms. The fraction of sp³-hybridized carbons (Fsp3) is 0.625. The molecule has 0 heterocycles. The second-order valence-corrected chi connectivity index (χ2v) is 3.26. The fourth-order valence-electron chi connectivity index (χ4n) is 0.795. The lowest BCUT2D eigenvalue weighted by Gasteiger charge is -2.34. The van der Waals surface area contributed by atoms with E-state index in [0.717, 1.165) is 6.92 Å². The fourth-order valence-corrected chi connectivity index (χ4v) is 0.795. The lowest BCUT2D eigenvalue weighted by atomic mass is 10.2. The summed E-state index contributed by atoms with van der Waals surface area (Å²) in [6, 6.07) is -5.69. The summed E-state index contributed by atoms with van der Waals surface area (Å²) in [6.45, 7) is 3.79. The van der Waals surface area contributed by atoms with Crippen LogP contribution in [0.4, 0.5) is 30.7 Å². The molecule has 0 spiro atoms. The van der Waals surface area contributed by atoms with Crippen LogP contribution in [-0.4, -0.2) is 36.0 Å². The van der Waals surface area contributed by atoms with E-state index >= 15 is 0 Å². The van der Waals surface area contributed by atoms with E-state index in [0.29, 0.717) is 0 Å². The van der Waals surface area contributed by atoms with E-state index in [1.807, 2.05) is 0 Å². The highest BCUT2D eigenvalue weighted by atomic mass is 19.4. The smallest absolute Gasteiger partial charge is 0.277 e. The molecule has 0 aromatic heterocycles. The second-order valence-electron chi connectivity index (χ2n) is 3.26. The standard InChI is InChI=1S/C8H8F7NO/c1-4(2)5(17)16(3)8(14,15)6(9,10)7(11,12)13/h1H2,2-3H3. The van der Waals surface area contributed by atoms with Crippen molar-refractivity contribution in [3.63, 3.8) is 0 Å². The van der Waals surface area contributed by atoms with Crippen LogP contribution in [0, 0.1) is 0 Å². The molecule has 0 unspecified atom stereocenters. The molecule has 0 aliphatic rings. The van der Waals surface area contributed by atoms with E-state index in [2.05, 4.69) is 6.58 Å². The van der Waals surface area contributed by atoms with Gasteiger partial charge in [0.05, 0.1) is 0 Å². The van der Waals surface area contributed by atoms with Gasteiger partial charge in [-0.3, -0.25) is 9.69 Å². The SMILES string of the molecule is C=C(C)C(=O)N(C)C(F)(F)C(F)(F)C(F)(F)F. The molecule has 0 aliphatic heterocycles. The van der Waals surface area contributed by atoms with E-state index in [4.69, 9.17) is 0 Å². The van der Waals surface area contributed by atoms with Crippen molar-refractivity contribution in [3.8, 4) is 0 Å². The Bertz CT molecular complexity index is 333. The molecule has 0 saturated carbocycles. The Morgan fingerprint density at radius 2 is 1.41 bits per heavy atom. The number of carbonyl (C=O) groups is 1. The zero-order chi connectivity index (χ0) is 14.2. The van der Waals surface area contributed by atoms with Crippen LogP contribution in [0.3, 0.4) is 0 Å². The first-order valence-electron chi connectivity index (χ1n) is 4.02. The molecule has 0 radical (unpaired) electrons. The van der Waals surface area contributed by atoms with Crippen LogP contribution in [0.1, 0.15) is 6.92 Å².